The predicted molar refractivity (Wildman–Crippen MR) is 62.0 cm³/mol. The van der Waals surface area contributed by atoms with Gasteiger partial charge >= 0.3 is 5.97 Å². The Morgan fingerprint density at radius 3 is 2.50 bits per heavy atom. The first-order valence-electron chi connectivity index (χ1n) is 4.34. The van der Waals surface area contributed by atoms with Gasteiger partial charge in [0.15, 0.2) is 0 Å². The molecule has 86 valence electrons. The first-order valence-corrected chi connectivity index (χ1v) is 5.14. The van der Waals surface area contributed by atoms with E-state index in [9.17, 15) is 9.59 Å². The molecule has 0 fully saturated rings. The number of methoxy groups -OCH3 is 1. The Morgan fingerprint density at radius 1 is 1.44 bits per heavy atom. The molecule has 0 saturated carbocycles. The molecular weight excluding hydrogens is 278 g/mol. The van der Waals surface area contributed by atoms with Gasteiger partial charge in [-0.25, -0.2) is 4.79 Å². The monoisotopic (exact) mass is 287 g/mol. The summed E-state index contributed by atoms with van der Waals surface area (Å²) in [6.45, 7) is 1.34. The Hall–Kier alpha value is -1.56. The molecule has 1 aromatic rings. The molecule has 0 saturated heterocycles. The summed E-state index contributed by atoms with van der Waals surface area (Å²) in [4.78, 5) is 21.9. The molecule has 0 heterocycles. The molecule has 0 bridgehead atoms. The number of ether oxygens (including phenoxy) is 1. The number of carboxylic acid groups (broad SMARTS) is 1. The van der Waals surface area contributed by atoms with Crippen LogP contribution in [0.1, 0.15) is 17.3 Å². The lowest BCUT2D eigenvalue weighted by Gasteiger charge is -2.11. The fourth-order valence-electron chi connectivity index (χ4n) is 1.21. The zero-order chi connectivity index (χ0) is 12.3. The number of hydrogen-bond acceptors (Lipinski definition) is 3. The molecule has 0 unspecified atom stereocenters. The van der Waals surface area contributed by atoms with Crippen molar-refractivity contribution in [1.29, 1.82) is 0 Å². The topological polar surface area (TPSA) is 75.6 Å². The van der Waals surface area contributed by atoms with Gasteiger partial charge in [0.2, 0.25) is 5.91 Å². The second-order valence-corrected chi connectivity index (χ2v) is 3.78. The smallest absolute Gasteiger partial charge is 0.340 e. The van der Waals surface area contributed by atoms with E-state index >= 15 is 0 Å². The highest BCUT2D eigenvalue weighted by Gasteiger charge is 2.18. The normalized spacial score (nSPS) is 9.69. The zero-order valence-electron chi connectivity index (χ0n) is 8.70. The maximum absolute atomic E-state index is 11.0. The van der Waals surface area contributed by atoms with Crippen LogP contribution in [0.4, 0.5) is 5.69 Å². The number of carbonyl (C=O) groups is 2. The van der Waals surface area contributed by atoms with E-state index in [0.717, 1.165) is 0 Å². The highest BCUT2D eigenvalue weighted by atomic mass is 79.9. The molecule has 1 rings (SSSR count). The van der Waals surface area contributed by atoms with Crippen molar-refractivity contribution < 1.29 is 19.4 Å². The number of nitrogens with one attached hydrogen (secondary N) is 1. The van der Waals surface area contributed by atoms with E-state index in [1.54, 1.807) is 6.07 Å². The van der Waals surface area contributed by atoms with E-state index < -0.39 is 5.97 Å². The summed E-state index contributed by atoms with van der Waals surface area (Å²) in [7, 11) is 1.38. The van der Waals surface area contributed by atoms with Crippen molar-refractivity contribution in [3.63, 3.8) is 0 Å². The average molecular weight is 288 g/mol. The van der Waals surface area contributed by atoms with Gasteiger partial charge in [0.05, 0.1) is 17.3 Å². The lowest BCUT2D eigenvalue weighted by atomic mass is 10.1. The molecule has 0 aliphatic carbocycles. The number of benzene rings is 1. The summed E-state index contributed by atoms with van der Waals surface area (Å²) in [6.07, 6.45) is 0. The Kier molecular flexibility index (Phi) is 3.89. The third-order valence-electron chi connectivity index (χ3n) is 1.85. The highest BCUT2D eigenvalue weighted by Crippen LogP contribution is 2.33. The number of amides is 1. The maximum Gasteiger partial charge on any atom is 0.340 e. The standard InChI is InChI=1S/C10H10BrNO4/c1-5(13)12-6-3-4-7(16-2)8(9(6)11)10(14)15/h3-4H,1-2H3,(H,12,13)(H,14,15). The van der Waals surface area contributed by atoms with Gasteiger partial charge in [0, 0.05) is 6.92 Å². The van der Waals surface area contributed by atoms with Crippen LogP contribution in [0.15, 0.2) is 16.6 Å². The van der Waals surface area contributed by atoms with Crippen molar-refractivity contribution in [2.45, 2.75) is 6.92 Å². The molecule has 0 spiro atoms. The lowest BCUT2D eigenvalue weighted by Crippen LogP contribution is -2.09. The molecule has 1 aromatic carbocycles. The number of carboxylic acids is 1. The van der Waals surface area contributed by atoms with E-state index in [1.165, 1.54) is 20.1 Å². The van der Waals surface area contributed by atoms with Crippen LogP contribution in [0.25, 0.3) is 0 Å². The van der Waals surface area contributed by atoms with Gasteiger partial charge in [-0.1, -0.05) is 0 Å². The summed E-state index contributed by atoms with van der Waals surface area (Å²) in [6, 6.07) is 3.05. The van der Waals surface area contributed by atoms with Crippen molar-refractivity contribution >= 4 is 33.5 Å². The van der Waals surface area contributed by atoms with E-state index in [0.29, 0.717) is 5.69 Å². The predicted octanol–water partition coefficient (Wildman–Crippen LogP) is 2.11. The number of halogens is 1. The molecule has 0 atom stereocenters. The summed E-state index contributed by atoms with van der Waals surface area (Å²) < 4.78 is 5.21. The van der Waals surface area contributed by atoms with E-state index in [-0.39, 0.29) is 21.7 Å². The van der Waals surface area contributed by atoms with Crippen LogP contribution in [0.2, 0.25) is 0 Å². The third kappa shape index (κ3) is 2.52. The van der Waals surface area contributed by atoms with Crippen molar-refractivity contribution in [3.8, 4) is 5.75 Å². The Morgan fingerprint density at radius 2 is 2.06 bits per heavy atom. The van der Waals surface area contributed by atoms with Crippen molar-refractivity contribution in [2.75, 3.05) is 12.4 Å². The summed E-state index contributed by atoms with van der Waals surface area (Å²) in [5, 5.41) is 11.5. The molecule has 5 nitrogen and oxygen atoms in total. The van der Waals surface area contributed by atoms with E-state index in [2.05, 4.69) is 21.2 Å². The SMILES string of the molecule is COc1ccc(NC(C)=O)c(Br)c1C(=O)O. The van der Waals surface area contributed by atoms with Gasteiger partial charge < -0.3 is 15.2 Å². The van der Waals surface area contributed by atoms with Crippen LogP contribution in [0, 0.1) is 0 Å². The second-order valence-electron chi connectivity index (χ2n) is 2.99. The van der Waals surface area contributed by atoms with Crippen molar-refractivity contribution in [1.82, 2.24) is 0 Å². The van der Waals surface area contributed by atoms with E-state index in [4.69, 9.17) is 9.84 Å². The van der Waals surface area contributed by atoms with Crippen LogP contribution in [-0.2, 0) is 4.79 Å². The molecule has 1 amide bonds. The lowest BCUT2D eigenvalue weighted by molar-refractivity contribution is -0.114. The average Bonchev–Trinajstić information content (AvgIpc) is 2.19. The minimum absolute atomic E-state index is 0.0197. The summed E-state index contributed by atoms with van der Waals surface area (Å²) in [5.41, 5.74) is 0.374. The number of anilines is 1. The summed E-state index contributed by atoms with van der Waals surface area (Å²) in [5.74, 6) is -1.17. The largest absolute Gasteiger partial charge is 0.496 e. The van der Waals surface area contributed by atoms with Gasteiger partial charge in [-0.05, 0) is 28.1 Å². The molecule has 0 aliphatic rings. The fourth-order valence-corrected chi connectivity index (χ4v) is 1.81. The van der Waals surface area contributed by atoms with Crippen molar-refractivity contribution in [2.24, 2.45) is 0 Å². The third-order valence-corrected chi connectivity index (χ3v) is 2.67. The first-order chi connectivity index (χ1) is 7.47. The first kappa shape index (κ1) is 12.5. The molecule has 0 radical (unpaired) electrons. The molecule has 0 aliphatic heterocycles. The second kappa shape index (κ2) is 4.98. The minimum Gasteiger partial charge on any atom is -0.496 e. The number of aromatic carboxylic acids is 1. The van der Waals surface area contributed by atoms with Gasteiger partial charge in [-0.2, -0.15) is 0 Å². The molecule has 2 N–H and O–H groups in total. The van der Waals surface area contributed by atoms with Gasteiger partial charge in [0.25, 0.3) is 0 Å². The van der Waals surface area contributed by atoms with Crippen molar-refractivity contribution in [3.05, 3.63) is 22.2 Å². The van der Waals surface area contributed by atoms with Crippen LogP contribution < -0.4 is 10.1 Å². The van der Waals surface area contributed by atoms with Crippen LogP contribution >= 0.6 is 15.9 Å². The molecule has 16 heavy (non-hydrogen) atoms. The maximum atomic E-state index is 11.0. The van der Waals surface area contributed by atoms with Crippen LogP contribution in [0.3, 0.4) is 0 Å². The number of hydrogen-bond donors (Lipinski definition) is 2. The quantitative estimate of drug-likeness (QED) is 0.893. The number of rotatable bonds is 3. The molecule has 6 heteroatoms. The van der Waals surface area contributed by atoms with Gasteiger partial charge in [-0.3, -0.25) is 4.79 Å². The van der Waals surface area contributed by atoms with Crippen LogP contribution in [-0.4, -0.2) is 24.1 Å². The minimum atomic E-state index is -1.13. The zero-order valence-corrected chi connectivity index (χ0v) is 10.3. The highest BCUT2D eigenvalue weighted by molar-refractivity contribution is 9.10. The van der Waals surface area contributed by atoms with Crippen LogP contribution in [0.5, 0.6) is 5.75 Å². The van der Waals surface area contributed by atoms with Gasteiger partial charge in [0.1, 0.15) is 11.3 Å². The fraction of sp³-hybridized carbons (Fsp3) is 0.200. The molecule has 0 aromatic heterocycles. The van der Waals surface area contributed by atoms with E-state index in [1.807, 2.05) is 0 Å². The Bertz CT molecular complexity index is 445. The Labute approximate surface area is 101 Å². The molecular formula is C10H10BrNO4. The van der Waals surface area contributed by atoms with Gasteiger partial charge in [-0.15, -0.1) is 0 Å². The Balaban J connectivity index is 3.31. The summed E-state index contributed by atoms with van der Waals surface area (Å²) >= 11 is 3.13. The number of carbonyl (C=O) groups excluding carboxylic acids is 1.